The number of aryl methyl sites for hydroxylation is 1. The van der Waals surface area contributed by atoms with Gasteiger partial charge in [-0.25, -0.2) is 9.78 Å². The fraction of sp³-hybridized carbons (Fsp3) is 0.714. The molecule has 1 atom stereocenters. The van der Waals surface area contributed by atoms with Gasteiger partial charge in [0, 0.05) is 26.0 Å². The number of nitrogens with zero attached hydrogens (tertiary/aromatic N) is 3. The highest BCUT2D eigenvalue weighted by Gasteiger charge is 2.49. The van der Waals surface area contributed by atoms with Crippen molar-refractivity contribution in [3.8, 4) is 0 Å². The van der Waals surface area contributed by atoms with Crippen molar-refractivity contribution in [2.45, 2.75) is 31.8 Å². The number of carbonyl (C=O) groups excluding carboxylic acids is 1. The van der Waals surface area contributed by atoms with E-state index in [1.54, 1.807) is 6.20 Å². The highest BCUT2D eigenvalue weighted by molar-refractivity contribution is 5.82. The zero-order valence-corrected chi connectivity index (χ0v) is 12.5. The van der Waals surface area contributed by atoms with Crippen LogP contribution >= 0.6 is 0 Å². The molecule has 2 rings (SSSR count). The highest BCUT2D eigenvalue weighted by atomic mass is 16.5. The van der Waals surface area contributed by atoms with E-state index in [4.69, 9.17) is 10.5 Å². The third-order valence-electron chi connectivity index (χ3n) is 3.83. The Kier molecular flexibility index (Phi) is 4.45. The van der Waals surface area contributed by atoms with E-state index in [0.29, 0.717) is 19.7 Å². The molecule has 0 spiro atoms. The van der Waals surface area contributed by atoms with Crippen LogP contribution in [0.15, 0.2) is 12.4 Å². The van der Waals surface area contributed by atoms with Crippen LogP contribution in [0.1, 0.15) is 25.6 Å². The van der Waals surface area contributed by atoms with Crippen molar-refractivity contribution in [1.82, 2.24) is 14.5 Å². The quantitative estimate of drug-likeness (QED) is 0.737. The highest BCUT2D eigenvalue weighted by Crippen LogP contribution is 2.39. The van der Waals surface area contributed by atoms with Gasteiger partial charge in [0.25, 0.3) is 0 Å². The molecule has 20 heavy (non-hydrogen) atoms. The first-order valence-electron chi connectivity index (χ1n) is 7.08. The molecule has 6 heteroatoms. The Labute approximate surface area is 119 Å². The van der Waals surface area contributed by atoms with Crippen molar-refractivity contribution in [3.05, 3.63) is 18.2 Å². The number of aromatic nitrogens is 2. The van der Waals surface area contributed by atoms with Gasteiger partial charge >= 0.3 is 5.97 Å². The van der Waals surface area contributed by atoms with Crippen LogP contribution in [0.3, 0.4) is 0 Å². The average molecular weight is 280 g/mol. The van der Waals surface area contributed by atoms with Crippen LogP contribution in [0.5, 0.6) is 0 Å². The topological polar surface area (TPSA) is 73.4 Å². The lowest BCUT2D eigenvalue weighted by molar-refractivity contribution is -0.151. The lowest BCUT2D eigenvalue weighted by Crippen LogP contribution is -2.58. The molecule has 1 unspecified atom stereocenters. The van der Waals surface area contributed by atoms with Crippen LogP contribution in [0.4, 0.5) is 0 Å². The fourth-order valence-corrected chi connectivity index (χ4v) is 2.52. The minimum Gasteiger partial charge on any atom is -0.465 e. The first kappa shape index (κ1) is 15.0. The minimum absolute atomic E-state index is 0.241. The number of carbonyl (C=O) groups is 1. The second-order valence-electron chi connectivity index (χ2n) is 5.66. The van der Waals surface area contributed by atoms with Gasteiger partial charge in [-0.1, -0.05) is 0 Å². The van der Waals surface area contributed by atoms with Gasteiger partial charge in [-0.05, 0) is 32.7 Å². The summed E-state index contributed by atoms with van der Waals surface area (Å²) in [6.07, 6.45) is 5.69. The molecule has 112 valence electrons. The molecule has 1 heterocycles. The third-order valence-corrected chi connectivity index (χ3v) is 3.83. The van der Waals surface area contributed by atoms with E-state index < -0.39 is 5.54 Å². The van der Waals surface area contributed by atoms with Crippen molar-refractivity contribution in [1.29, 1.82) is 0 Å². The van der Waals surface area contributed by atoms with Gasteiger partial charge < -0.3 is 15.0 Å². The number of hydrogen-bond acceptors (Lipinski definition) is 5. The normalized spacial score (nSPS) is 18.1. The van der Waals surface area contributed by atoms with Gasteiger partial charge in [0.1, 0.15) is 11.4 Å². The van der Waals surface area contributed by atoms with Crippen molar-refractivity contribution in [2.75, 3.05) is 20.2 Å². The number of ether oxygens (including phenoxy) is 1. The number of imidazole rings is 1. The molecule has 6 nitrogen and oxygen atoms in total. The summed E-state index contributed by atoms with van der Waals surface area (Å²) < 4.78 is 7.13. The summed E-state index contributed by atoms with van der Waals surface area (Å²) in [5.41, 5.74) is 5.46. The van der Waals surface area contributed by atoms with Gasteiger partial charge in [0.05, 0.1) is 13.2 Å². The molecule has 2 N–H and O–H groups in total. The van der Waals surface area contributed by atoms with Gasteiger partial charge in [0.2, 0.25) is 0 Å². The number of esters is 1. The maximum absolute atomic E-state index is 12.2. The number of hydrogen-bond donors (Lipinski definition) is 1. The maximum Gasteiger partial charge on any atom is 0.327 e. The van der Waals surface area contributed by atoms with E-state index in [1.807, 2.05) is 36.7 Å². The molecule has 0 aliphatic heterocycles. The Morgan fingerprint density at radius 3 is 2.85 bits per heavy atom. The molecule has 1 aromatic heterocycles. The molecular weight excluding hydrogens is 256 g/mol. The Hall–Kier alpha value is -1.40. The summed E-state index contributed by atoms with van der Waals surface area (Å²) in [6.45, 7) is 3.33. The Morgan fingerprint density at radius 2 is 2.35 bits per heavy atom. The van der Waals surface area contributed by atoms with Crippen LogP contribution in [0, 0.1) is 5.92 Å². The molecule has 1 saturated carbocycles. The Balaban J connectivity index is 2.01. The molecule has 0 amide bonds. The van der Waals surface area contributed by atoms with Crippen LogP contribution in [0.2, 0.25) is 0 Å². The zero-order valence-electron chi connectivity index (χ0n) is 12.5. The predicted octanol–water partition coefficient (Wildman–Crippen LogP) is 0.523. The SMILES string of the molecule is CCOC(=O)C(N)(CN(C)Cc1nccn1C)C1CC1. The van der Waals surface area contributed by atoms with Gasteiger partial charge in [0.15, 0.2) is 0 Å². The first-order chi connectivity index (χ1) is 9.47. The van der Waals surface area contributed by atoms with E-state index in [9.17, 15) is 4.79 Å². The van der Waals surface area contributed by atoms with E-state index in [1.165, 1.54) is 0 Å². The Bertz CT molecular complexity index is 469. The van der Waals surface area contributed by atoms with E-state index in [0.717, 1.165) is 18.7 Å². The molecule has 1 fully saturated rings. The number of likely N-dealkylation sites (N-methyl/N-ethyl adjacent to an activating group) is 1. The number of rotatable bonds is 7. The standard InChI is InChI=1S/C14H24N4O2/c1-4-20-13(19)14(15,11-5-6-11)10-17(2)9-12-16-7-8-18(12)3/h7-8,11H,4-6,9-10,15H2,1-3H3. The average Bonchev–Trinajstić information content (AvgIpc) is 3.16. The smallest absolute Gasteiger partial charge is 0.327 e. The second-order valence-corrected chi connectivity index (χ2v) is 5.66. The first-order valence-corrected chi connectivity index (χ1v) is 7.08. The lowest BCUT2D eigenvalue weighted by Gasteiger charge is -2.31. The van der Waals surface area contributed by atoms with Crippen LogP contribution in [-0.2, 0) is 23.1 Å². The number of nitrogens with two attached hydrogens (primary N) is 1. The fourth-order valence-electron chi connectivity index (χ4n) is 2.52. The summed E-state index contributed by atoms with van der Waals surface area (Å²) in [5.74, 6) is 0.911. The van der Waals surface area contributed by atoms with E-state index in [-0.39, 0.29) is 11.9 Å². The van der Waals surface area contributed by atoms with Crippen LogP contribution in [-0.4, -0.2) is 46.2 Å². The van der Waals surface area contributed by atoms with E-state index in [2.05, 4.69) is 4.98 Å². The molecular formula is C14H24N4O2. The molecule has 0 bridgehead atoms. The van der Waals surface area contributed by atoms with Crippen molar-refractivity contribution in [3.63, 3.8) is 0 Å². The molecule has 1 aromatic rings. The lowest BCUT2D eigenvalue weighted by atomic mass is 9.94. The van der Waals surface area contributed by atoms with Crippen LogP contribution < -0.4 is 5.73 Å². The minimum atomic E-state index is -0.893. The molecule has 0 radical (unpaired) electrons. The van der Waals surface area contributed by atoms with E-state index >= 15 is 0 Å². The van der Waals surface area contributed by atoms with Crippen molar-refractivity contribution < 1.29 is 9.53 Å². The Morgan fingerprint density at radius 1 is 1.65 bits per heavy atom. The van der Waals surface area contributed by atoms with Gasteiger partial charge in [-0.15, -0.1) is 0 Å². The third kappa shape index (κ3) is 3.19. The summed E-state index contributed by atoms with van der Waals surface area (Å²) in [6, 6.07) is 0. The molecule has 0 saturated heterocycles. The molecule has 0 aromatic carbocycles. The summed E-state index contributed by atoms with van der Waals surface area (Å²) in [4.78, 5) is 18.5. The largest absolute Gasteiger partial charge is 0.465 e. The zero-order chi connectivity index (χ0) is 14.8. The van der Waals surface area contributed by atoms with Crippen molar-refractivity contribution in [2.24, 2.45) is 18.7 Å². The molecule has 1 aliphatic rings. The monoisotopic (exact) mass is 280 g/mol. The predicted molar refractivity (Wildman–Crippen MR) is 75.8 cm³/mol. The van der Waals surface area contributed by atoms with Crippen LogP contribution in [0.25, 0.3) is 0 Å². The summed E-state index contributed by atoms with van der Waals surface area (Å²) in [7, 11) is 3.91. The van der Waals surface area contributed by atoms with Gasteiger partial charge in [-0.2, -0.15) is 0 Å². The van der Waals surface area contributed by atoms with Crippen molar-refractivity contribution >= 4 is 5.97 Å². The second kappa shape index (κ2) is 5.93. The molecule has 1 aliphatic carbocycles. The van der Waals surface area contributed by atoms with Gasteiger partial charge in [-0.3, -0.25) is 4.90 Å². The summed E-state index contributed by atoms with van der Waals surface area (Å²) in [5, 5.41) is 0. The summed E-state index contributed by atoms with van der Waals surface area (Å²) >= 11 is 0. The maximum atomic E-state index is 12.2.